The van der Waals surface area contributed by atoms with Crippen molar-refractivity contribution in [3.8, 4) is 5.75 Å². The molecule has 1 aromatic carbocycles. The number of hydrogen-bond donors (Lipinski definition) is 1. The lowest BCUT2D eigenvalue weighted by Gasteiger charge is -2.51. The topological polar surface area (TPSA) is 102 Å². The number of carbonyl (C=O) groups is 1. The number of aliphatic hydroxyl groups excluding tert-OH is 1. The van der Waals surface area contributed by atoms with Crippen LogP contribution in [0.25, 0.3) is 0 Å². The van der Waals surface area contributed by atoms with Crippen molar-refractivity contribution in [3.05, 3.63) is 29.8 Å². The molecule has 0 aliphatic heterocycles. The first-order valence-corrected chi connectivity index (χ1v) is 14.7. The Morgan fingerprint density at radius 2 is 1.57 bits per heavy atom. The van der Waals surface area contributed by atoms with E-state index in [1.807, 2.05) is 24.3 Å². The van der Waals surface area contributed by atoms with E-state index in [0.29, 0.717) is 0 Å². The van der Waals surface area contributed by atoms with Crippen molar-refractivity contribution < 1.29 is 42.7 Å². The van der Waals surface area contributed by atoms with Gasteiger partial charge >= 0.3 is 5.97 Å². The van der Waals surface area contributed by atoms with Crippen molar-refractivity contribution in [2.75, 3.05) is 28.1 Å². The molecule has 0 heterocycles. The molecule has 1 aromatic rings. The van der Waals surface area contributed by atoms with Crippen LogP contribution in [-0.2, 0) is 39.5 Å². The number of carbonyl (C=O) groups excluding carboxylic acids is 1. The first kappa shape index (κ1) is 29.7. The van der Waals surface area contributed by atoms with Crippen LogP contribution in [-0.4, -0.2) is 84.1 Å². The van der Waals surface area contributed by atoms with Gasteiger partial charge in [-0.05, 0) is 35.8 Å². The van der Waals surface area contributed by atoms with Crippen LogP contribution in [0.1, 0.15) is 33.3 Å². The van der Waals surface area contributed by atoms with E-state index in [4.69, 9.17) is 32.8 Å². The monoisotopic (exact) mass is 514 g/mol. The summed E-state index contributed by atoms with van der Waals surface area (Å²) in [5.41, 5.74) is 0.886. The molecule has 200 valence electrons. The molecule has 1 saturated carbocycles. The van der Waals surface area contributed by atoms with Crippen LogP contribution >= 0.6 is 0 Å². The highest BCUT2D eigenvalue weighted by Crippen LogP contribution is 2.41. The molecule has 2 rings (SSSR count). The maximum absolute atomic E-state index is 12.0. The summed E-state index contributed by atoms with van der Waals surface area (Å²) in [5, 5.41) is 11.2. The number of methoxy groups -OCH3 is 3. The molecular weight excluding hydrogens is 472 g/mol. The smallest absolute Gasteiger partial charge is 0.303 e. The first-order valence-electron chi connectivity index (χ1n) is 11.8. The molecule has 1 aliphatic carbocycles. The highest BCUT2D eigenvalue weighted by Gasteiger charge is 2.56. The Hall–Kier alpha value is -1.53. The van der Waals surface area contributed by atoms with E-state index in [1.165, 1.54) is 14.0 Å². The van der Waals surface area contributed by atoms with Gasteiger partial charge in [0.2, 0.25) is 0 Å². The van der Waals surface area contributed by atoms with Crippen LogP contribution in [0.3, 0.4) is 0 Å². The van der Waals surface area contributed by atoms with Gasteiger partial charge in [0, 0.05) is 21.1 Å². The normalized spacial score (nSPS) is 27.5. The molecule has 9 nitrogen and oxygen atoms in total. The van der Waals surface area contributed by atoms with E-state index in [1.54, 1.807) is 14.2 Å². The molecule has 0 aromatic heterocycles. The third kappa shape index (κ3) is 7.48. The Morgan fingerprint density at radius 3 is 2.06 bits per heavy atom. The van der Waals surface area contributed by atoms with Crippen LogP contribution in [0, 0.1) is 0 Å². The van der Waals surface area contributed by atoms with E-state index in [-0.39, 0.29) is 18.4 Å². The first-order chi connectivity index (χ1) is 16.4. The maximum atomic E-state index is 12.0. The Morgan fingerprint density at radius 1 is 0.943 bits per heavy atom. The molecule has 1 aliphatic rings. The van der Waals surface area contributed by atoms with E-state index in [9.17, 15) is 9.90 Å². The van der Waals surface area contributed by atoms with Gasteiger partial charge in [0.05, 0.1) is 13.7 Å². The summed E-state index contributed by atoms with van der Waals surface area (Å²) in [4.78, 5) is 12.0. The zero-order chi connectivity index (χ0) is 26.4. The molecule has 1 fully saturated rings. The second-order valence-electron chi connectivity index (χ2n) is 10.3. The number of rotatable bonds is 11. The minimum absolute atomic E-state index is 0.0691. The SMILES string of the molecule is COCO[C@@H]1[C@@H](O[Si](C)(C)C(C)(C)C)[C@H](OC)[C@@H](OCc2ccc(OC)cc2)[C@@H](O)[C@H]1OC(C)=O. The minimum atomic E-state index is -2.34. The van der Waals surface area contributed by atoms with E-state index in [0.717, 1.165) is 11.3 Å². The third-order valence-corrected chi connectivity index (χ3v) is 11.2. The van der Waals surface area contributed by atoms with Crippen LogP contribution in [0.5, 0.6) is 5.75 Å². The van der Waals surface area contributed by atoms with Crippen molar-refractivity contribution in [3.63, 3.8) is 0 Å². The van der Waals surface area contributed by atoms with Gasteiger partial charge < -0.3 is 38.0 Å². The average molecular weight is 515 g/mol. The van der Waals surface area contributed by atoms with Crippen LogP contribution < -0.4 is 4.74 Å². The molecule has 0 saturated heterocycles. The Labute approximate surface area is 210 Å². The summed E-state index contributed by atoms with van der Waals surface area (Å²) >= 11 is 0. The van der Waals surface area contributed by atoms with E-state index in [2.05, 4.69) is 33.9 Å². The lowest BCUT2D eigenvalue weighted by atomic mass is 9.84. The number of hydrogen-bond acceptors (Lipinski definition) is 9. The molecule has 0 bridgehead atoms. The van der Waals surface area contributed by atoms with Gasteiger partial charge in [0.15, 0.2) is 14.4 Å². The number of esters is 1. The highest BCUT2D eigenvalue weighted by molar-refractivity contribution is 6.74. The van der Waals surface area contributed by atoms with Gasteiger partial charge in [-0.1, -0.05) is 32.9 Å². The van der Waals surface area contributed by atoms with Gasteiger partial charge in [0.1, 0.15) is 43.1 Å². The summed E-state index contributed by atoms with van der Waals surface area (Å²) in [6.07, 6.45) is -5.29. The van der Waals surface area contributed by atoms with Crippen molar-refractivity contribution in [2.45, 2.75) is 89.1 Å². The van der Waals surface area contributed by atoms with Crippen LogP contribution in [0.15, 0.2) is 24.3 Å². The summed E-state index contributed by atoms with van der Waals surface area (Å²) in [6, 6.07) is 7.44. The quantitative estimate of drug-likeness (QED) is 0.271. The van der Waals surface area contributed by atoms with Gasteiger partial charge in [0.25, 0.3) is 0 Å². The second kappa shape index (κ2) is 12.6. The summed E-state index contributed by atoms with van der Waals surface area (Å²) in [6.45, 7) is 12.0. The molecule has 35 heavy (non-hydrogen) atoms. The minimum Gasteiger partial charge on any atom is -0.497 e. The standard InChI is InChI=1S/C25H42O9Si/c1-16(26)33-21-19(27)20(31-14-17-10-12-18(29-6)13-11-17)22(30-7)24(23(21)32-15-28-5)34-35(8,9)25(2,3)4/h10-13,19-24,27H,14-15H2,1-9H3/t19-,20+,21-,22-,23+,24+/m1/s1. The van der Waals surface area contributed by atoms with Gasteiger partial charge in [-0.2, -0.15) is 0 Å². The Kier molecular flexibility index (Phi) is 10.7. The fraction of sp³-hybridized carbons (Fsp3) is 0.720. The van der Waals surface area contributed by atoms with Crippen molar-refractivity contribution in [1.82, 2.24) is 0 Å². The molecule has 0 amide bonds. The summed E-state index contributed by atoms with van der Waals surface area (Å²) in [5.74, 6) is 0.188. The fourth-order valence-corrected chi connectivity index (χ4v) is 5.13. The second-order valence-corrected chi connectivity index (χ2v) is 15.0. The average Bonchev–Trinajstić information content (AvgIpc) is 2.78. The molecule has 0 radical (unpaired) electrons. The number of aliphatic hydroxyl groups is 1. The van der Waals surface area contributed by atoms with Gasteiger partial charge in [-0.3, -0.25) is 4.79 Å². The Balaban J connectivity index is 2.42. The number of benzene rings is 1. The van der Waals surface area contributed by atoms with E-state index >= 15 is 0 Å². The fourth-order valence-electron chi connectivity index (χ4n) is 3.83. The zero-order valence-electron chi connectivity index (χ0n) is 22.4. The zero-order valence-corrected chi connectivity index (χ0v) is 23.4. The lowest BCUT2D eigenvalue weighted by Crippen LogP contribution is -2.68. The predicted molar refractivity (Wildman–Crippen MR) is 133 cm³/mol. The van der Waals surface area contributed by atoms with Crippen molar-refractivity contribution in [2.24, 2.45) is 0 Å². The molecule has 6 atom stereocenters. The van der Waals surface area contributed by atoms with E-state index < -0.39 is 50.9 Å². The maximum Gasteiger partial charge on any atom is 0.303 e. The predicted octanol–water partition coefficient (Wildman–Crippen LogP) is 3.28. The molecule has 10 heteroatoms. The lowest BCUT2D eigenvalue weighted by molar-refractivity contribution is -0.266. The van der Waals surface area contributed by atoms with Gasteiger partial charge in [-0.15, -0.1) is 0 Å². The molecular formula is C25H42O9Si. The largest absolute Gasteiger partial charge is 0.497 e. The van der Waals surface area contributed by atoms with Crippen molar-refractivity contribution >= 4 is 14.3 Å². The molecule has 1 N–H and O–H groups in total. The van der Waals surface area contributed by atoms with Crippen molar-refractivity contribution in [1.29, 1.82) is 0 Å². The van der Waals surface area contributed by atoms with Gasteiger partial charge in [-0.25, -0.2) is 0 Å². The summed E-state index contributed by atoms with van der Waals surface area (Å²) < 4.78 is 40.7. The van der Waals surface area contributed by atoms with Crippen LogP contribution in [0.4, 0.5) is 0 Å². The molecule has 0 unspecified atom stereocenters. The molecule has 0 spiro atoms. The summed E-state index contributed by atoms with van der Waals surface area (Å²) in [7, 11) is 2.30. The third-order valence-electron chi connectivity index (χ3n) is 6.76. The Bertz CT molecular complexity index is 793. The number of ether oxygens (including phenoxy) is 6. The highest BCUT2D eigenvalue weighted by atomic mass is 28.4. The van der Waals surface area contributed by atoms with Crippen LogP contribution in [0.2, 0.25) is 18.1 Å².